The molecule has 0 atom stereocenters. The minimum atomic E-state index is 0.642. The van der Waals surface area contributed by atoms with E-state index in [1.807, 2.05) is 7.05 Å². The van der Waals surface area contributed by atoms with Crippen LogP contribution in [0.25, 0.3) is 0 Å². The summed E-state index contributed by atoms with van der Waals surface area (Å²) >= 11 is 0. The van der Waals surface area contributed by atoms with Crippen LogP contribution in [0.3, 0.4) is 0 Å². The SMILES string of the molecule is CNCCNCc1cc2c(cc1C)OCCO2. The second kappa shape index (κ2) is 5.89. The molecule has 94 valence electrons. The number of fused-ring (bicyclic) bond motifs is 1. The molecular weight excluding hydrogens is 216 g/mol. The lowest BCUT2D eigenvalue weighted by atomic mass is 10.1. The molecule has 1 aromatic rings. The van der Waals surface area contributed by atoms with Crippen molar-refractivity contribution in [2.75, 3.05) is 33.4 Å². The van der Waals surface area contributed by atoms with Gasteiger partial charge in [0.05, 0.1) is 0 Å². The maximum atomic E-state index is 5.58. The molecule has 0 aliphatic carbocycles. The molecule has 2 N–H and O–H groups in total. The van der Waals surface area contributed by atoms with Gasteiger partial charge in [-0.25, -0.2) is 0 Å². The number of nitrogens with one attached hydrogen (secondary N) is 2. The third kappa shape index (κ3) is 3.11. The molecule has 1 aliphatic heterocycles. The van der Waals surface area contributed by atoms with Gasteiger partial charge in [0.25, 0.3) is 0 Å². The van der Waals surface area contributed by atoms with E-state index in [4.69, 9.17) is 9.47 Å². The lowest BCUT2D eigenvalue weighted by molar-refractivity contribution is 0.171. The van der Waals surface area contributed by atoms with Crippen LogP contribution in [0, 0.1) is 6.92 Å². The van der Waals surface area contributed by atoms with Crippen molar-refractivity contribution in [3.63, 3.8) is 0 Å². The minimum absolute atomic E-state index is 0.642. The van der Waals surface area contributed by atoms with Crippen molar-refractivity contribution < 1.29 is 9.47 Å². The molecular formula is C13H20N2O2. The summed E-state index contributed by atoms with van der Waals surface area (Å²) in [4.78, 5) is 0. The Balaban J connectivity index is 2.01. The second-order valence-electron chi connectivity index (χ2n) is 4.20. The van der Waals surface area contributed by atoms with Crippen molar-refractivity contribution in [1.82, 2.24) is 10.6 Å². The van der Waals surface area contributed by atoms with Gasteiger partial charge in [-0.1, -0.05) is 0 Å². The van der Waals surface area contributed by atoms with Crippen molar-refractivity contribution in [1.29, 1.82) is 0 Å². The molecule has 0 fully saturated rings. The number of likely N-dealkylation sites (N-methyl/N-ethyl adjacent to an activating group) is 1. The number of benzene rings is 1. The van der Waals surface area contributed by atoms with E-state index in [2.05, 4.69) is 29.7 Å². The van der Waals surface area contributed by atoms with Crippen molar-refractivity contribution in [2.45, 2.75) is 13.5 Å². The molecule has 17 heavy (non-hydrogen) atoms. The summed E-state index contributed by atoms with van der Waals surface area (Å²) in [6.45, 7) is 6.19. The molecule has 0 unspecified atom stereocenters. The van der Waals surface area contributed by atoms with Crippen LogP contribution in [0.2, 0.25) is 0 Å². The highest BCUT2D eigenvalue weighted by molar-refractivity contribution is 5.47. The Labute approximate surface area is 102 Å². The maximum Gasteiger partial charge on any atom is 0.161 e. The largest absolute Gasteiger partial charge is 0.486 e. The zero-order chi connectivity index (χ0) is 12.1. The summed E-state index contributed by atoms with van der Waals surface area (Å²) in [6, 6.07) is 4.14. The highest BCUT2D eigenvalue weighted by Gasteiger charge is 2.13. The highest BCUT2D eigenvalue weighted by Crippen LogP contribution is 2.32. The van der Waals surface area contributed by atoms with E-state index in [0.29, 0.717) is 13.2 Å². The topological polar surface area (TPSA) is 42.5 Å². The molecule has 0 saturated carbocycles. The van der Waals surface area contributed by atoms with Crippen LogP contribution in [0.5, 0.6) is 11.5 Å². The highest BCUT2D eigenvalue weighted by atomic mass is 16.6. The fourth-order valence-corrected chi connectivity index (χ4v) is 1.86. The van der Waals surface area contributed by atoms with Gasteiger partial charge in [-0.15, -0.1) is 0 Å². The number of ether oxygens (including phenoxy) is 2. The van der Waals surface area contributed by atoms with E-state index >= 15 is 0 Å². The van der Waals surface area contributed by atoms with E-state index in [-0.39, 0.29) is 0 Å². The standard InChI is InChI=1S/C13H20N2O2/c1-10-7-12-13(17-6-5-16-12)8-11(10)9-15-4-3-14-2/h7-8,14-15H,3-6,9H2,1-2H3. The molecule has 0 saturated heterocycles. The van der Waals surface area contributed by atoms with Gasteiger partial charge < -0.3 is 20.1 Å². The predicted octanol–water partition coefficient (Wildman–Crippen LogP) is 1.08. The van der Waals surface area contributed by atoms with Crippen molar-refractivity contribution in [2.24, 2.45) is 0 Å². The van der Waals surface area contributed by atoms with Crippen LogP contribution in [-0.4, -0.2) is 33.4 Å². The maximum absolute atomic E-state index is 5.58. The van der Waals surface area contributed by atoms with E-state index in [9.17, 15) is 0 Å². The molecule has 0 spiro atoms. The van der Waals surface area contributed by atoms with Crippen LogP contribution in [0.4, 0.5) is 0 Å². The first kappa shape index (κ1) is 12.2. The summed E-state index contributed by atoms with van der Waals surface area (Å²) in [5.74, 6) is 1.74. The molecule has 4 heteroatoms. The van der Waals surface area contributed by atoms with Gasteiger partial charge in [-0.3, -0.25) is 0 Å². The summed E-state index contributed by atoms with van der Waals surface area (Å²) in [5, 5.41) is 6.50. The van der Waals surface area contributed by atoms with Crippen LogP contribution < -0.4 is 20.1 Å². The summed E-state index contributed by atoms with van der Waals surface area (Å²) < 4.78 is 11.1. The van der Waals surface area contributed by atoms with Crippen LogP contribution in [-0.2, 0) is 6.54 Å². The van der Waals surface area contributed by atoms with Crippen molar-refractivity contribution in [3.05, 3.63) is 23.3 Å². The van der Waals surface area contributed by atoms with Gasteiger partial charge >= 0.3 is 0 Å². The van der Waals surface area contributed by atoms with Gasteiger partial charge in [-0.05, 0) is 37.2 Å². The molecule has 0 amide bonds. The normalized spacial score (nSPS) is 13.8. The number of rotatable bonds is 5. The van der Waals surface area contributed by atoms with Gasteiger partial charge in [0.1, 0.15) is 13.2 Å². The first-order chi connectivity index (χ1) is 8.31. The Kier molecular flexibility index (Phi) is 4.23. The van der Waals surface area contributed by atoms with E-state index < -0.39 is 0 Å². The third-order valence-electron chi connectivity index (χ3n) is 2.87. The molecule has 4 nitrogen and oxygen atoms in total. The van der Waals surface area contributed by atoms with Gasteiger partial charge in [0.2, 0.25) is 0 Å². The van der Waals surface area contributed by atoms with Crippen LogP contribution >= 0.6 is 0 Å². The average molecular weight is 236 g/mol. The third-order valence-corrected chi connectivity index (χ3v) is 2.87. The molecule has 0 radical (unpaired) electrons. The average Bonchev–Trinajstić information content (AvgIpc) is 2.35. The minimum Gasteiger partial charge on any atom is -0.486 e. The Hall–Kier alpha value is -1.26. The van der Waals surface area contributed by atoms with E-state index in [0.717, 1.165) is 31.1 Å². The van der Waals surface area contributed by atoms with Crippen LogP contribution in [0.15, 0.2) is 12.1 Å². The Morgan fingerprint density at radius 1 is 1.12 bits per heavy atom. The summed E-state index contributed by atoms with van der Waals surface area (Å²) in [6.07, 6.45) is 0. The first-order valence-electron chi connectivity index (χ1n) is 6.05. The zero-order valence-electron chi connectivity index (χ0n) is 10.5. The molecule has 0 aromatic heterocycles. The monoisotopic (exact) mass is 236 g/mol. The number of hydrogen-bond acceptors (Lipinski definition) is 4. The molecule has 0 bridgehead atoms. The van der Waals surface area contributed by atoms with E-state index in [1.54, 1.807) is 0 Å². The Morgan fingerprint density at radius 3 is 2.53 bits per heavy atom. The first-order valence-corrected chi connectivity index (χ1v) is 6.05. The predicted molar refractivity (Wildman–Crippen MR) is 67.8 cm³/mol. The summed E-state index contributed by atoms with van der Waals surface area (Å²) in [5.41, 5.74) is 2.51. The smallest absolute Gasteiger partial charge is 0.161 e. The fraction of sp³-hybridized carbons (Fsp3) is 0.538. The van der Waals surface area contributed by atoms with Gasteiger partial charge in [0, 0.05) is 19.6 Å². The number of hydrogen-bond donors (Lipinski definition) is 2. The van der Waals surface area contributed by atoms with Crippen LogP contribution in [0.1, 0.15) is 11.1 Å². The Morgan fingerprint density at radius 2 is 1.82 bits per heavy atom. The Bertz CT molecular complexity index is 380. The fourth-order valence-electron chi connectivity index (χ4n) is 1.86. The molecule has 2 rings (SSSR count). The van der Waals surface area contributed by atoms with Gasteiger partial charge in [-0.2, -0.15) is 0 Å². The molecule has 1 aromatic carbocycles. The lowest BCUT2D eigenvalue weighted by Crippen LogP contribution is -2.25. The lowest BCUT2D eigenvalue weighted by Gasteiger charge is -2.20. The van der Waals surface area contributed by atoms with E-state index in [1.165, 1.54) is 11.1 Å². The zero-order valence-corrected chi connectivity index (χ0v) is 10.5. The molecule has 1 aliphatic rings. The summed E-state index contributed by atoms with van der Waals surface area (Å²) in [7, 11) is 1.96. The quantitative estimate of drug-likeness (QED) is 0.751. The van der Waals surface area contributed by atoms with Gasteiger partial charge in [0.15, 0.2) is 11.5 Å². The van der Waals surface area contributed by atoms with Crippen molar-refractivity contribution in [3.8, 4) is 11.5 Å². The molecule has 1 heterocycles. The second-order valence-corrected chi connectivity index (χ2v) is 4.20. The van der Waals surface area contributed by atoms with Crippen molar-refractivity contribution >= 4 is 0 Å². The number of aryl methyl sites for hydroxylation is 1.